The highest BCUT2D eigenvalue weighted by Crippen LogP contribution is 1.98. The molecule has 0 saturated heterocycles. The Bertz CT molecular complexity index is 377. The molecule has 2 N–H and O–H groups in total. The number of aliphatic carboxylic acids is 1. The molecular weight excluding hydrogens is 222 g/mol. The third kappa shape index (κ3) is 5.01. The summed E-state index contributed by atoms with van der Waals surface area (Å²) < 4.78 is 4.60. The smallest absolute Gasteiger partial charge is 0.407 e. The van der Waals surface area contributed by atoms with Crippen molar-refractivity contribution < 1.29 is 19.4 Å². The average molecular weight is 237 g/mol. The zero-order chi connectivity index (χ0) is 12.7. The minimum Gasteiger partial charge on any atom is -0.479 e. The van der Waals surface area contributed by atoms with Crippen LogP contribution in [-0.4, -0.2) is 29.8 Å². The molecule has 1 rings (SSSR count). The van der Waals surface area contributed by atoms with Gasteiger partial charge in [-0.1, -0.05) is 30.3 Å². The second kappa shape index (κ2) is 6.52. The summed E-state index contributed by atoms with van der Waals surface area (Å²) in [6.45, 7) is 1.72. The van der Waals surface area contributed by atoms with E-state index in [1.54, 1.807) is 0 Å². The van der Waals surface area contributed by atoms with E-state index in [2.05, 4.69) is 10.1 Å². The first-order chi connectivity index (χ1) is 8.09. The Hall–Kier alpha value is -2.04. The first kappa shape index (κ1) is 13.0. The van der Waals surface area contributed by atoms with Crippen LogP contribution in [0.25, 0.3) is 0 Å². The number of carbonyl (C=O) groups is 2. The maximum Gasteiger partial charge on any atom is 0.407 e. The fourth-order valence-electron chi connectivity index (χ4n) is 1.21. The van der Waals surface area contributed by atoms with Crippen molar-refractivity contribution in [2.75, 3.05) is 6.54 Å². The van der Waals surface area contributed by atoms with Gasteiger partial charge >= 0.3 is 12.1 Å². The lowest BCUT2D eigenvalue weighted by atomic mass is 10.1. The predicted octanol–water partition coefficient (Wildman–Crippen LogP) is 1.43. The van der Waals surface area contributed by atoms with Gasteiger partial charge in [0.15, 0.2) is 6.10 Å². The van der Waals surface area contributed by atoms with E-state index < -0.39 is 18.2 Å². The number of ether oxygens (including phenoxy) is 1. The summed E-state index contributed by atoms with van der Waals surface area (Å²) in [6.07, 6.45) is -1.17. The molecule has 0 heterocycles. The molecule has 0 spiro atoms. The highest BCUT2D eigenvalue weighted by Gasteiger charge is 2.15. The normalized spacial score (nSPS) is 11.6. The van der Waals surface area contributed by atoms with Crippen LogP contribution in [0.1, 0.15) is 12.5 Å². The van der Waals surface area contributed by atoms with Crippen molar-refractivity contribution in [2.45, 2.75) is 19.4 Å². The van der Waals surface area contributed by atoms with Gasteiger partial charge in [-0.25, -0.2) is 9.59 Å². The molecule has 5 nitrogen and oxygen atoms in total. The van der Waals surface area contributed by atoms with Gasteiger partial charge < -0.3 is 15.2 Å². The summed E-state index contributed by atoms with van der Waals surface area (Å²) in [4.78, 5) is 21.6. The lowest BCUT2D eigenvalue weighted by Crippen LogP contribution is -2.32. The Morgan fingerprint density at radius 2 is 2.00 bits per heavy atom. The maximum atomic E-state index is 11.2. The molecule has 0 aromatic heterocycles. The summed E-state index contributed by atoms with van der Waals surface area (Å²) in [5.41, 5.74) is 1.10. The lowest BCUT2D eigenvalue weighted by molar-refractivity contribution is -0.145. The molecule has 92 valence electrons. The summed E-state index contributed by atoms with van der Waals surface area (Å²) in [6, 6.07) is 9.65. The molecule has 1 unspecified atom stereocenters. The maximum absolute atomic E-state index is 11.2. The van der Waals surface area contributed by atoms with E-state index in [1.165, 1.54) is 6.92 Å². The van der Waals surface area contributed by atoms with Crippen LogP contribution in [0.15, 0.2) is 30.3 Å². The van der Waals surface area contributed by atoms with Gasteiger partial charge in [0.25, 0.3) is 0 Å². The topological polar surface area (TPSA) is 75.6 Å². The summed E-state index contributed by atoms with van der Waals surface area (Å²) >= 11 is 0. The number of carboxylic acids is 1. The van der Waals surface area contributed by atoms with Crippen LogP contribution in [-0.2, 0) is 16.0 Å². The van der Waals surface area contributed by atoms with E-state index in [0.717, 1.165) is 5.56 Å². The van der Waals surface area contributed by atoms with Crippen molar-refractivity contribution in [1.29, 1.82) is 0 Å². The van der Waals surface area contributed by atoms with E-state index in [-0.39, 0.29) is 0 Å². The fraction of sp³-hybridized carbons (Fsp3) is 0.333. The molecular formula is C12H15NO4. The third-order valence-corrected chi connectivity index (χ3v) is 2.16. The molecule has 0 aliphatic rings. The van der Waals surface area contributed by atoms with E-state index in [9.17, 15) is 9.59 Å². The Balaban J connectivity index is 2.23. The van der Waals surface area contributed by atoms with Crippen LogP contribution >= 0.6 is 0 Å². The molecule has 0 bridgehead atoms. The van der Waals surface area contributed by atoms with Gasteiger partial charge in [-0.3, -0.25) is 0 Å². The molecule has 0 saturated carbocycles. The number of carboxylic acid groups (broad SMARTS) is 1. The van der Waals surface area contributed by atoms with Crippen LogP contribution < -0.4 is 5.32 Å². The number of carbonyl (C=O) groups excluding carboxylic acids is 1. The van der Waals surface area contributed by atoms with Crippen LogP contribution in [0, 0.1) is 0 Å². The largest absolute Gasteiger partial charge is 0.479 e. The molecule has 0 aliphatic heterocycles. The van der Waals surface area contributed by atoms with Gasteiger partial charge in [-0.2, -0.15) is 0 Å². The van der Waals surface area contributed by atoms with Crippen molar-refractivity contribution in [1.82, 2.24) is 5.32 Å². The Morgan fingerprint density at radius 3 is 2.59 bits per heavy atom. The van der Waals surface area contributed by atoms with Gasteiger partial charge in [0.05, 0.1) is 0 Å². The molecule has 5 heteroatoms. The number of hydrogen-bond donors (Lipinski definition) is 2. The van der Waals surface area contributed by atoms with Crippen molar-refractivity contribution in [2.24, 2.45) is 0 Å². The van der Waals surface area contributed by atoms with Gasteiger partial charge in [0, 0.05) is 6.54 Å². The van der Waals surface area contributed by atoms with Crippen LogP contribution in [0.3, 0.4) is 0 Å². The van der Waals surface area contributed by atoms with E-state index >= 15 is 0 Å². The molecule has 1 atom stereocenters. The number of rotatable bonds is 5. The molecule has 1 aromatic carbocycles. The Morgan fingerprint density at radius 1 is 1.35 bits per heavy atom. The van der Waals surface area contributed by atoms with Crippen molar-refractivity contribution >= 4 is 12.1 Å². The van der Waals surface area contributed by atoms with Gasteiger partial charge in [-0.05, 0) is 18.9 Å². The number of nitrogens with one attached hydrogen (secondary N) is 1. The van der Waals surface area contributed by atoms with Crippen molar-refractivity contribution in [3.63, 3.8) is 0 Å². The van der Waals surface area contributed by atoms with E-state index in [0.29, 0.717) is 13.0 Å². The zero-order valence-corrected chi connectivity index (χ0v) is 9.55. The molecule has 1 amide bonds. The second-order valence-corrected chi connectivity index (χ2v) is 3.55. The van der Waals surface area contributed by atoms with E-state index in [4.69, 9.17) is 5.11 Å². The first-order valence-corrected chi connectivity index (χ1v) is 5.31. The Labute approximate surface area is 99.4 Å². The second-order valence-electron chi connectivity index (χ2n) is 3.55. The standard InChI is InChI=1S/C12H15NO4/c1-9(11(14)15)17-12(16)13-8-7-10-5-3-2-4-6-10/h2-6,9H,7-8H2,1H3,(H,13,16)(H,14,15). The molecule has 17 heavy (non-hydrogen) atoms. The SMILES string of the molecule is CC(OC(=O)NCCc1ccccc1)C(=O)O. The minimum absolute atomic E-state index is 0.412. The first-order valence-electron chi connectivity index (χ1n) is 5.31. The fourth-order valence-corrected chi connectivity index (χ4v) is 1.21. The quantitative estimate of drug-likeness (QED) is 0.812. The van der Waals surface area contributed by atoms with Gasteiger partial charge in [-0.15, -0.1) is 0 Å². The highest BCUT2D eigenvalue weighted by molar-refractivity contribution is 5.76. The lowest BCUT2D eigenvalue weighted by Gasteiger charge is -2.09. The zero-order valence-electron chi connectivity index (χ0n) is 9.55. The van der Waals surface area contributed by atoms with Crippen LogP contribution in [0.2, 0.25) is 0 Å². The Kier molecular flexibility index (Phi) is 5.00. The molecule has 0 radical (unpaired) electrons. The summed E-state index contributed by atoms with van der Waals surface area (Å²) in [5.74, 6) is -1.16. The predicted molar refractivity (Wildman–Crippen MR) is 61.7 cm³/mol. The third-order valence-electron chi connectivity index (χ3n) is 2.16. The molecule has 0 aliphatic carbocycles. The average Bonchev–Trinajstić information content (AvgIpc) is 2.30. The molecule has 1 aromatic rings. The monoisotopic (exact) mass is 237 g/mol. The van der Waals surface area contributed by atoms with Crippen LogP contribution in [0.4, 0.5) is 4.79 Å². The van der Waals surface area contributed by atoms with Gasteiger partial charge in [0.1, 0.15) is 0 Å². The van der Waals surface area contributed by atoms with Crippen molar-refractivity contribution in [3.05, 3.63) is 35.9 Å². The van der Waals surface area contributed by atoms with E-state index in [1.807, 2.05) is 30.3 Å². The number of benzene rings is 1. The highest BCUT2D eigenvalue weighted by atomic mass is 16.6. The van der Waals surface area contributed by atoms with Crippen molar-refractivity contribution in [3.8, 4) is 0 Å². The summed E-state index contributed by atoms with van der Waals surface area (Å²) in [5, 5.41) is 11.0. The number of alkyl carbamates (subject to hydrolysis) is 1. The van der Waals surface area contributed by atoms with Gasteiger partial charge in [0.2, 0.25) is 0 Å². The summed E-state index contributed by atoms with van der Waals surface area (Å²) in [7, 11) is 0. The number of hydrogen-bond acceptors (Lipinski definition) is 3. The molecule has 0 fully saturated rings. The van der Waals surface area contributed by atoms with Crippen LogP contribution in [0.5, 0.6) is 0 Å². The number of amides is 1. The minimum atomic E-state index is -1.16.